The van der Waals surface area contributed by atoms with Crippen LogP contribution in [0.5, 0.6) is 0 Å². The molecule has 1 aromatic carbocycles. The van der Waals surface area contributed by atoms with E-state index < -0.39 is 17.5 Å². The van der Waals surface area contributed by atoms with Gasteiger partial charge in [-0.25, -0.2) is 0 Å². The van der Waals surface area contributed by atoms with Crippen LogP contribution in [-0.2, 0) is 9.59 Å². The number of aliphatic hydroxyl groups is 1. The highest BCUT2D eigenvalue weighted by Crippen LogP contribution is 2.36. The van der Waals surface area contributed by atoms with Crippen LogP contribution in [0.3, 0.4) is 0 Å². The zero-order valence-corrected chi connectivity index (χ0v) is 8.33. The van der Waals surface area contributed by atoms with Gasteiger partial charge < -0.3 is 10.2 Å². The Balaban J connectivity index is 2.63. The quantitative estimate of drug-likeness (QED) is 0.720. The van der Waals surface area contributed by atoms with Gasteiger partial charge in [0, 0.05) is 0 Å². The molecule has 1 aliphatic carbocycles. The summed E-state index contributed by atoms with van der Waals surface area (Å²) in [7, 11) is 0. The summed E-state index contributed by atoms with van der Waals surface area (Å²) in [6.45, 7) is 0. The molecule has 0 heterocycles. The van der Waals surface area contributed by atoms with Crippen molar-refractivity contribution in [2.24, 2.45) is 0 Å². The van der Waals surface area contributed by atoms with Crippen LogP contribution in [0.2, 0.25) is 0 Å². The molecule has 2 rings (SSSR count). The van der Waals surface area contributed by atoms with Crippen molar-refractivity contribution in [2.75, 3.05) is 0 Å². The monoisotopic (exact) mass is 218 g/mol. The molecule has 0 saturated heterocycles. The highest BCUT2D eigenvalue weighted by Gasteiger charge is 2.43. The summed E-state index contributed by atoms with van der Waals surface area (Å²) in [6.07, 6.45) is 3.04. The molecular weight excluding hydrogens is 208 g/mol. The normalized spacial score (nSPS) is 27.2. The van der Waals surface area contributed by atoms with E-state index in [9.17, 15) is 14.7 Å². The molecule has 82 valence electrons. The van der Waals surface area contributed by atoms with E-state index in [1.165, 1.54) is 6.08 Å². The van der Waals surface area contributed by atoms with E-state index in [0.29, 0.717) is 11.1 Å². The van der Waals surface area contributed by atoms with Crippen molar-refractivity contribution in [1.82, 2.24) is 0 Å². The summed E-state index contributed by atoms with van der Waals surface area (Å²) in [5.41, 5.74) is -0.797. The van der Waals surface area contributed by atoms with Gasteiger partial charge in [0.15, 0.2) is 11.9 Å². The largest absolute Gasteiger partial charge is 0.481 e. The molecule has 0 bridgehead atoms. The number of carboxylic acids is 1. The number of carbonyl (C=O) groups is 2. The second kappa shape index (κ2) is 3.57. The van der Waals surface area contributed by atoms with Crippen LogP contribution in [0.15, 0.2) is 30.3 Å². The predicted molar refractivity (Wildman–Crippen MR) is 56.9 cm³/mol. The van der Waals surface area contributed by atoms with Crippen LogP contribution in [0, 0.1) is 0 Å². The van der Waals surface area contributed by atoms with Crippen LogP contribution in [0.4, 0.5) is 0 Å². The minimum Gasteiger partial charge on any atom is -0.481 e. The fourth-order valence-electron chi connectivity index (χ4n) is 1.93. The maximum Gasteiger partial charge on any atom is 0.314 e. The summed E-state index contributed by atoms with van der Waals surface area (Å²) < 4.78 is 0. The Morgan fingerprint density at radius 2 is 2.06 bits per heavy atom. The van der Waals surface area contributed by atoms with Gasteiger partial charge in [-0.1, -0.05) is 30.3 Å². The fraction of sp³-hybridized carbons (Fsp3) is 0.167. The van der Waals surface area contributed by atoms with E-state index in [-0.39, 0.29) is 6.29 Å². The number of hydrogen-bond acceptors (Lipinski definition) is 3. The summed E-state index contributed by atoms with van der Waals surface area (Å²) in [5, 5.41) is 19.0. The van der Waals surface area contributed by atoms with Crippen LogP contribution in [0.25, 0.3) is 6.08 Å². The number of carbonyl (C=O) groups excluding carboxylic acids is 1. The van der Waals surface area contributed by atoms with E-state index in [2.05, 4.69) is 0 Å². The summed E-state index contributed by atoms with van der Waals surface area (Å²) in [6, 6.07) is 6.80. The van der Waals surface area contributed by atoms with E-state index in [0.717, 1.165) is 0 Å². The number of benzene rings is 1. The summed E-state index contributed by atoms with van der Waals surface area (Å²) in [5.74, 6) is -2.46. The van der Waals surface area contributed by atoms with Crippen LogP contribution >= 0.6 is 0 Å². The molecule has 0 radical (unpaired) electrons. The average Bonchev–Trinajstić information content (AvgIpc) is 2.28. The number of aldehydes is 1. The Labute approximate surface area is 91.8 Å². The molecule has 4 heteroatoms. The van der Waals surface area contributed by atoms with Crippen LogP contribution in [0.1, 0.15) is 17.0 Å². The molecule has 1 aliphatic rings. The molecule has 0 aromatic heterocycles. The van der Waals surface area contributed by atoms with Crippen molar-refractivity contribution in [3.8, 4) is 0 Å². The van der Waals surface area contributed by atoms with Gasteiger partial charge in [0.2, 0.25) is 0 Å². The highest BCUT2D eigenvalue weighted by atomic mass is 16.4. The van der Waals surface area contributed by atoms with Gasteiger partial charge in [-0.2, -0.15) is 0 Å². The molecule has 0 fully saturated rings. The van der Waals surface area contributed by atoms with Gasteiger partial charge in [-0.3, -0.25) is 9.59 Å². The van der Waals surface area contributed by atoms with E-state index in [1.807, 2.05) is 0 Å². The number of fused-ring (bicyclic) bond motifs is 1. The van der Waals surface area contributed by atoms with Crippen molar-refractivity contribution < 1.29 is 19.8 Å². The molecular formula is C12H10O4. The third-order valence-corrected chi connectivity index (χ3v) is 2.74. The number of carboxylic acid groups (broad SMARTS) is 1. The average molecular weight is 218 g/mol. The maximum atomic E-state index is 11.1. The van der Waals surface area contributed by atoms with Gasteiger partial charge in [0.05, 0.1) is 0 Å². The smallest absolute Gasteiger partial charge is 0.314 e. The van der Waals surface area contributed by atoms with Gasteiger partial charge in [0.25, 0.3) is 0 Å². The second-order valence-electron chi connectivity index (χ2n) is 3.74. The maximum absolute atomic E-state index is 11.1. The lowest BCUT2D eigenvalue weighted by molar-refractivity contribution is -0.147. The van der Waals surface area contributed by atoms with Crippen molar-refractivity contribution in [1.29, 1.82) is 0 Å². The standard InChI is InChI=1S/C12H10O4/c13-7-12(16)6-5-8-3-1-2-4-9(8)10(12)11(14)15/h1-7,10,16H,(H,14,15). The van der Waals surface area contributed by atoms with Crippen LogP contribution < -0.4 is 0 Å². The Morgan fingerprint density at radius 3 is 2.69 bits per heavy atom. The van der Waals surface area contributed by atoms with Crippen molar-refractivity contribution in [2.45, 2.75) is 11.5 Å². The topological polar surface area (TPSA) is 74.6 Å². The lowest BCUT2D eigenvalue weighted by Gasteiger charge is -2.30. The third-order valence-electron chi connectivity index (χ3n) is 2.74. The zero-order chi connectivity index (χ0) is 11.8. The first-order chi connectivity index (χ1) is 7.58. The van der Waals surface area contributed by atoms with E-state index in [1.54, 1.807) is 30.3 Å². The molecule has 0 saturated carbocycles. The molecule has 16 heavy (non-hydrogen) atoms. The first kappa shape index (κ1) is 10.6. The Morgan fingerprint density at radius 1 is 1.38 bits per heavy atom. The first-order valence-electron chi connectivity index (χ1n) is 4.78. The minimum absolute atomic E-state index is 0.262. The Kier molecular flexibility index (Phi) is 2.36. The molecule has 2 N–H and O–H groups in total. The second-order valence-corrected chi connectivity index (χ2v) is 3.74. The third kappa shape index (κ3) is 1.44. The minimum atomic E-state index is -1.96. The van der Waals surface area contributed by atoms with Gasteiger partial charge in [-0.15, -0.1) is 0 Å². The molecule has 2 unspecified atom stereocenters. The lowest BCUT2D eigenvalue weighted by Crippen LogP contribution is -2.42. The molecule has 0 amide bonds. The number of rotatable bonds is 2. The zero-order valence-electron chi connectivity index (χ0n) is 8.33. The molecule has 0 aliphatic heterocycles. The van der Waals surface area contributed by atoms with Gasteiger partial charge in [0.1, 0.15) is 5.92 Å². The molecule has 1 aromatic rings. The molecule has 0 spiro atoms. The Hall–Kier alpha value is -1.94. The fourth-order valence-corrected chi connectivity index (χ4v) is 1.93. The van der Waals surface area contributed by atoms with Crippen molar-refractivity contribution in [3.63, 3.8) is 0 Å². The first-order valence-corrected chi connectivity index (χ1v) is 4.78. The van der Waals surface area contributed by atoms with Gasteiger partial charge in [-0.05, 0) is 17.2 Å². The molecule has 4 nitrogen and oxygen atoms in total. The Bertz CT molecular complexity index is 478. The molecule has 2 atom stereocenters. The van der Waals surface area contributed by atoms with Crippen LogP contribution in [-0.4, -0.2) is 28.1 Å². The van der Waals surface area contributed by atoms with Crippen molar-refractivity contribution in [3.05, 3.63) is 41.5 Å². The summed E-state index contributed by atoms with van der Waals surface area (Å²) >= 11 is 0. The number of hydrogen-bond donors (Lipinski definition) is 2. The highest BCUT2D eigenvalue weighted by molar-refractivity contribution is 5.90. The predicted octanol–water partition coefficient (Wildman–Crippen LogP) is 0.812. The van der Waals surface area contributed by atoms with Crippen molar-refractivity contribution >= 4 is 18.3 Å². The summed E-state index contributed by atoms with van der Waals surface area (Å²) in [4.78, 5) is 22.0. The number of aliphatic carboxylic acids is 1. The lowest BCUT2D eigenvalue weighted by atomic mass is 9.77. The van der Waals surface area contributed by atoms with Gasteiger partial charge >= 0.3 is 5.97 Å². The van der Waals surface area contributed by atoms with E-state index >= 15 is 0 Å². The SMILES string of the molecule is O=CC1(O)C=Cc2ccccc2C1C(=O)O. The van der Waals surface area contributed by atoms with E-state index in [4.69, 9.17) is 5.11 Å².